The maximum Gasteiger partial charge on any atom is 0.134 e. The van der Waals surface area contributed by atoms with Crippen LogP contribution >= 0.6 is 0 Å². The monoisotopic (exact) mass is 339 g/mol. The summed E-state index contributed by atoms with van der Waals surface area (Å²) in [6, 6.07) is 7.34. The molecule has 1 saturated heterocycles. The fourth-order valence-electron chi connectivity index (χ4n) is 6.27. The third-order valence-corrected chi connectivity index (χ3v) is 7.64. The number of ether oxygens (including phenoxy) is 1. The van der Waals surface area contributed by atoms with Crippen molar-refractivity contribution in [3.8, 4) is 0 Å². The Kier molecular flexibility index (Phi) is 3.46. The van der Waals surface area contributed by atoms with Gasteiger partial charge in [-0.15, -0.1) is 0 Å². The normalized spacial score (nSPS) is 37.5. The van der Waals surface area contributed by atoms with E-state index in [0.717, 1.165) is 31.7 Å². The topological polar surface area (TPSA) is 29.5 Å². The van der Waals surface area contributed by atoms with Gasteiger partial charge in [0.15, 0.2) is 0 Å². The Bertz CT molecular complexity index is 725. The lowest BCUT2D eigenvalue weighted by atomic mass is 9.49. The molecule has 1 aliphatic heterocycles. The minimum Gasteiger partial charge on any atom is -0.376 e. The highest BCUT2D eigenvalue weighted by Gasteiger charge is 2.65. The maximum absolute atomic E-state index is 12.6. The zero-order valence-corrected chi connectivity index (χ0v) is 15.5. The molecule has 0 spiro atoms. The number of benzene rings is 1. The van der Waals surface area contributed by atoms with Crippen molar-refractivity contribution in [3.63, 3.8) is 0 Å². The number of likely N-dealkylation sites (tertiary alicyclic amines) is 1. The van der Waals surface area contributed by atoms with Crippen LogP contribution < -0.4 is 0 Å². The van der Waals surface area contributed by atoms with Crippen molar-refractivity contribution in [1.82, 2.24) is 4.90 Å². The summed E-state index contributed by atoms with van der Waals surface area (Å²) >= 11 is 0. The van der Waals surface area contributed by atoms with Crippen LogP contribution in [-0.4, -0.2) is 42.5 Å². The number of Topliss-reactive ketones (excluding diaryl/α,β-unsaturated/α-hetero) is 1. The van der Waals surface area contributed by atoms with E-state index in [0.29, 0.717) is 24.7 Å². The average molecular weight is 339 g/mol. The van der Waals surface area contributed by atoms with Crippen molar-refractivity contribution in [2.24, 2.45) is 5.92 Å². The van der Waals surface area contributed by atoms with Crippen LogP contribution in [0, 0.1) is 12.8 Å². The highest BCUT2D eigenvalue weighted by molar-refractivity contribution is 5.82. The molecule has 5 rings (SSSR count). The lowest BCUT2D eigenvalue weighted by molar-refractivity contribution is -0.187. The number of rotatable bonds is 3. The molecular weight excluding hydrogens is 310 g/mol. The number of hydrogen-bond acceptors (Lipinski definition) is 3. The average Bonchev–Trinajstić information content (AvgIpc) is 3.42. The van der Waals surface area contributed by atoms with Gasteiger partial charge in [-0.25, -0.2) is 0 Å². The SMILES string of the molecule is CO[C@@]12CCC(=O)C[C@@]13CCN(CC1CC1)[C@@H]2Cc1ccc(C)cc13. The van der Waals surface area contributed by atoms with Crippen LogP contribution in [0.4, 0.5) is 0 Å². The molecule has 1 aromatic carbocycles. The molecule has 3 fully saturated rings. The van der Waals surface area contributed by atoms with Crippen molar-refractivity contribution in [2.75, 3.05) is 20.2 Å². The van der Waals surface area contributed by atoms with Crippen molar-refractivity contribution >= 4 is 5.78 Å². The smallest absolute Gasteiger partial charge is 0.134 e. The zero-order chi connectivity index (χ0) is 17.2. The molecule has 3 atom stereocenters. The van der Waals surface area contributed by atoms with Gasteiger partial charge in [0.2, 0.25) is 0 Å². The fraction of sp³-hybridized carbons (Fsp3) is 0.682. The van der Waals surface area contributed by atoms with E-state index in [4.69, 9.17) is 4.74 Å². The molecule has 0 N–H and O–H groups in total. The van der Waals surface area contributed by atoms with E-state index < -0.39 is 0 Å². The van der Waals surface area contributed by atoms with Crippen LogP contribution in [0.3, 0.4) is 0 Å². The minimum atomic E-state index is -0.186. The van der Waals surface area contributed by atoms with E-state index in [2.05, 4.69) is 30.0 Å². The number of ketones is 1. The number of aryl methyl sites for hydroxylation is 1. The molecule has 25 heavy (non-hydrogen) atoms. The standard InChI is InChI=1S/C22H29NO2/c1-15-3-6-17-12-20-22(25-2)8-7-18(24)13-21(22,19(17)11-15)9-10-23(20)14-16-4-5-16/h3,6,11,16,20H,4-5,7-10,12-14H2,1-2H3/t20-,21-,22-/m1/s1. The molecule has 2 saturated carbocycles. The summed E-state index contributed by atoms with van der Waals surface area (Å²) < 4.78 is 6.42. The molecule has 0 amide bonds. The van der Waals surface area contributed by atoms with Gasteiger partial charge in [-0.3, -0.25) is 9.69 Å². The summed E-state index contributed by atoms with van der Waals surface area (Å²) in [5.41, 5.74) is 3.88. The quantitative estimate of drug-likeness (QED) is 0.845. The van der Waals surface area contributed by atoms with E-state index in [1.165, 1.54) is 36.1 Å². The third kappa shape index (κ3) is 2.15. The first kappa shape index (κ1) is 16.0. The molecule has 3 heteroatoms. The Hall–Kier alpha value is -1.19. The van der Waals surface area contributed by atoms with Gasteiger partial charge in [0, 0.05) is 38.0 Å². The second-order valence-electron chi connectivity index (χ2n) is 8.96. The summed E-state index contributed by atoms with van der Waals surface area (Å²) in [6.45, 7) is 4.51. The van der Waals surface area contributed by atoms with E-state index in [9.17, 15) is 4.79 Å². The Morgan fingerprint density at radius 3 is 2.88 bits per heavy atom. The van der Waals surface area contributed by atoms with Crippen molar-refractivity contribution in [1.29, 1.82) is 0 Å². The van der Waals surface area contributed by atoms with Gasteiger partial charge >= 0.3 is 0 Å². The highest BCUT2D eigenvalue weighted by atomic mass is 16.5. The van der Waals surface area contributed by atoms with Crippen LogP contribution in [-0.2, 0) is 21.4 Å². The lowest BCUT2D eigenvalue weighted by Crippen LogP contribution is -2.74. The molecule has 3 aliphatic carbocycles. The molecule has 0 radical (unpaired) electrons. The molecular formula is C22H29NO2. The summed E-state index contributed by atoms with van der Waals surface area (Å²) in [6.07, 6.45) is 7.17. The van der Waals surface area contributed by atoms with E-state index in [1.807, 2.05) is 7.11 Å². The zero-order valence-electron chi connectivity index (χ0n) is 15.5. The Morgan fingerprint density at radius 1 is 1.28 bits per heavy atom. The van der Waals surface area contributed by atoms with Gasteiger partial charge in [0.05, 0.1) is 5.60 Å². The van der Waals surface area contributed by atoms with Crippen LogP contribution in [0.1, 0.15) is 55.2 Å². The van der Waals surface area contributed by atoms with Gasteiger partial charge in [-0.1, -0.05) is 23.8 Å². The van der Waals surface area contributed by atoms with E-state index in [-0.39, 0.29) is 11.0 Å². The first-order valence-corrected chi connectivity index (χ1v) is 9.99. The summed E-state index contributed by atoms with van der Waals surface area (Å²) in [5.74, 6) is 1.32. The van der Waals surface area contributed by atoms with Crippen molar-refractivity contribution in [2.45, 2.75) is 68.9 Å². The van der Waals surface area contributed by atoms with Crippen molar-refractivity contribution < 1.29 is 9.53 Å². The predicted octanol–water partition coefficient (Wildman–Crippen LogP) is 3.41. The van der Waals surface area contributed by atoms with Gasteiger partial charge in [0.1, 0.15) is 5.78 Å². The number of nitrogens with zero attached hydrogens (tertiary/aromatic N) is 1. The number of carbonyl (C=O) groups is 1. The molecule has 1 heterocycles. The van der Waals surface area contributed by atoms with Gasteiger partial charge in [0.25, 0.3) is 0 Å². The molecule has 2 bridgehead atoms. The molecule has 0 aromatic heterocycles. The Morgan fingerprint density at radius 2 is 2.12 bits per heavy atom. The number of piperidine rings is 1. The van der Waals surface area contributed by atoms with Crippen LogP contribution in [0.25, 0.3) is 0 Å². The van der Waals surface area contributed by atoms with Crippen LogP contribution in [0.5, 0.6) is 0 Å². The minimum absolute atomic E-state index is 0.110. The number of carbonyl (C=O) groups excluding carboxylic acids is 1. The number of methoxy groups -OCH3 is 1. The molecule has 134 valence electrons. The second kappa shape index (κ2) is 5.40. The number of hydrogen-bond donors (Lipinski definition) is 0. The Balaban J connectivity index is 1.68. The van der Waals surface area contributed by atoms with Gasteiger partial charge in [-0.2, -0.15) is 0 Å². The Labute approximate surface area is 150 Å². The summed E-state index contributed by atoms with van der Waals surface area (Å²) in [4.78, 5) is 15.3. The van der Waals surface area contributed by atoms with E-state index in [1.54, 1.807) is 0 Å². The largest absolute Gasteiger partial charge is 0.376 e. The fourth-order valence-corrected chi connectivity index (χ4v) is 6.27. The molecule has 4 aliphatic rings. The maximum atomic E-state index is 12.6. The highest BCUT2D eigenvalue weighted by Crippen LogP contribution is 2.59. The van der Waals surface area contributed by atoms with Gasteiger partial charge in [-0.05, 0) is 62.6 Å². The predicted molar refractivity (Wildman–Crippen MR) is 97.9 cm³/mol. The molecule has 3 nitrogen and oxygen atoms in total. The van der Waals surface area contributed by atoms with Crippen LogP contribution in [0.15, 0.2) is 18.2 Å². The lowest BCUT2D eigenvalue weighted by Gasteiger charge is -2.65. The van der Waals surface area contributed by atoms with E-state index >= 15 is 0 Å². The molecule has 1 aromatic rings. The third-order valence-electron chi connectivity index (χ3n) is 7.64. The summed E-state index contributed by atoms with van der Waals surface area (Å²) in [7, 11) is 1.90. The second-order valence-corrected chi connectivity index (χ2v) is 8.96. The molecule has 0 unspecified atom stereocenters. The van der Waals surface area contributed by atoms with Crippen LogP contribution in [0.2, 0.25) is 0 Å². The first-order chi connectivity index (χ1) is 12.1. The number of fused-ring (bicyclic) bond motifs is 1. The van der Waals surface area contributed by atoms with Gasteiger partial charge < -0.3 is 4.74 Å². The summed E-state index contributed by atoms with van der Waals surface area (Å²) in [5, 5.41) is 0. The van der Waals surface area contributed by atoms with Crippen molar-refractivity contribution in [3.05, 3.63) is 34.9 Å². The first-order valence-electron chi connectivity index (χ1n) is 9.99.